The van der Waals surface area contributed by atoms with E-state index in [1.165, 1.54) is 0 Å². The Bertz CT molecular complexity index is 632. The predicted octanol–water partition coefficient (Wildman–Crippen LogP) is 3.72. The van der Waals surface area contributed by atoms with E-state index in [4.69, 9.17) is 9.47 Å². The van der Waals surface area contributed by atoms with Crippen molar-refractivity contribution in [1.82, 2.24) is 0 Å². The first-order chi connectivity index (χ1) is 10.6. The van der Waals surface area contributed by atoms with Crippen molar-refractivity contribution in [3.05, 3.63) is 53.6 Å². The molecule has 0 aromatic heterocycles. The Labute approximate surface area is 131 Å². The standard InChI is InChI=1S/C18H21NO3/c1-4-21-16-7-5-6-8-17(16)22-12-18(20)19-15-10-13(2)9-14(3)11-15/h5-11H,4,12H2,1-3H3,(H,19,20). The molecule has 4 nitrogen and oxygen atoms in total. The van der Waals surface area contributed by atoms with Gasteiger partial charge in [-0.05, 0) is 56.2 Å². The first-order valence-electron chi connectivity index (χ1n) is 7.31. The highest BCUT2D eigenvalue weighted by atomic mass is 16.5. The summed E-state index contributed by atoms with van der Waals surface area (Å²) in [5.41, 5.74) is 3.00. The third-order valence-corrected chi connectivity index (χ3v) is 3.01. The van der Waals surface area contributed by atoms with Crippen molar-refractivity contribution in [2.24, 2.45) is 0 Å². The quantitative estimate of drug-likeness (QED) is 0.884. The van der Waals surface area contributed by atoms with Gasteiger partial charge in [-0.15, -0.1) is 0 Å². The molecular weight excluding hydrogens is 278 g/mol. The van der Waals surface area contributed by atoms with Gasteiger partial charge in [0.1, 0.15) is 0 Å². The molecule has 0 aliphatic carbocycles. The molecule has 0 bridgehead atoms. The molecule has 2 aromatic rings. The number of carbonyl (C=O) groups excluding carboxylic acids is 1. The summed E-state index contributed by atoms with van der Waals surface area (Å²) < 4.78 is 11.0. The summed E-state index contributed by atoms with van der Waals surface area (Å²) in [6, 6.07) is 13.2. The van der Waals surface area contributed by atoms with Gasteiger partial charge in [-0.2, -0.15) is 0 Å². The summed E-state index contributed by atoms with van der Waals surface area (Å²) in [4.78, 5) is 12.0. The van der Waals surface area contributed by atoms with Gasteiger partial charge in [0, 0.05) is 5.69 Å². The van der Waals surface area contributed by atoms with E-state index in [2.05, 4.69) is 11.4 Å². The van der Waals surface area contributed by atoms with Crippen molar-refractivity contribution in [2.75, 3.05) is 18.5 Å². The van der Waals surface area contributed by atoms with Gasteiger partial charge in [0.15, 0.2) is 18.1 Å². The van der Waals surface area contributed by atoms with Crippen LogP contribution in [0.5, 0.6) is 11.5 Å². The number of nitrogens with one attached hydrogen (secondary N) is 1. The molecule has 0 unspecified atom stereocenters. The van der Waals surface area contributed by atoms with Crippen molar-refractivity contribution >= 4 is 11.6 Å². The van der Waals surface area contributed by atoms with Crippen LogP contribution < -0.4 is 14.8 Å². The van der Waals surface area contributed by atoms with Gasteiger partial charge in [0.05, 0.1) is 6.61 Å². The molecule has 0 heterocycles. The molecule has 0 aliphatic rings. The fourth-order valence-corrected chi connectivity index (χ4v) is 2.23. The van der Waals surface area contributed by atoms with Crippen molar-refractivity contribution < 1.29 is 14.3 Å². The van der Waals surface area contributed by atoms with Crippen molar-refractivity contribution in [3.8, 4) is 11.5 Å². The van der Waals surface area contributed by atoms with Crippen LogP contribution in [0.1, 0.15) is 18.1 Å². The maximum atomic E-state index is 12.0. The van der Waals surface area contributed by atoms with Gasteiger partial charge in [0.2, 0.25) is 0 Å². The Hall–Kier alpha value is -2.49. The lowest BCUT2D eigenvalue weighted by molar-refractivity contribution is -0.118. The van der Waals surface area contributed by atoms with Crippen molar-refractivity contribution in [3.63, 3.8) is 0 Å². The number of anilines is 1. The van der Waals surface area contributed by atoms with Gasteiger partial charge < -0.3 is 14.8 Å². The Morgan fingerprint density at radius 2 is 1.59 bits per heavy atom. The molecule has 116 valence electrons. The van der Waals surface area contributed by atoms with Crippen molar-refractivity contribution in [1.29, 1.82) is 0 Å². The number of amides is 1. The van der Waals surface area contributed by atoms with Crippen LogP contribution in [0.4, 0.5) is 5.69 Å². The van der Waals surface area contributed by atoms with E-state index >= 15 is 0 Å². The molecule has 0 radical (unpaired) electrons. The van der Waals surface area contributed by atoms with Crippen LogP contribution in [0.3, 0.4) is 0 Å². The van der Waals surface area contributed by atoms with E-state index in [9.17, 15) is 4.79 Å². The minimum atomic E-state index is -0.198. The third kappa shape index (κ3) is 4.52. The van der Waals surface area contributed by atoms with Gasteiger partial charge in [-0.1, -0.05) is 18.2 Å². The first-order valence-corrected chi connectivity index (χ1v) is 7.31. The van der Waals surface area contributed by atoms with Crippen LogP contribution >= 0.6 is 0 Å². The van der Waals surface area contributed by atoms with E-state index in [-0.39, 0.29) is 12.5 Å². The fourth-order valence-electron chi connectivity index (χ4n) is 2.23. The molecule has 4 heteroatoms. The largest absolute Gasteiger partial charge is 0.490 e. The number of benzene rings is 2. The molecule has 0 atom stereocenters. The minimum absolute atomic E-state index is 0.0585. The number of rotatable bonds is 6. The molecule has 1 amide bonds. The summed E-state index contributed by atoms with van der Waals surface area (Å²) in [5.74, 6) is 1.01. The topological polar surface area (TPSA) is 47.6 Å². The predicted molar refractivity (Wildman–Crippen MR) is 87.7 cm³/mol. The number of hydrogen-bond donors (Lipinski definition) is 1. The van der Waals surface area contributed by atoms with E-state index in [0.717, 1.165) is 16.8 Å². The lowest BCUT2D eigenvalue weighted by Crippen LogP contribution is -2.20. The Morgan fingerprint density at radius 1 is 1.00 bits per heavy atom. The van der Waals surface area contributed by atoms with Crippen LogP contribution in [0.15, 0.2) is 42.5 Å². The van der Waals surface area contributed by atoms with Crippen molar-refractivity contribution in [2.45, 2.75) is 20.8 Å². The number of hydrogen-bond acceptors (Lipinski definition) is 3. The number of ether oxygens (including phenoxy) is 2. The monoisotopic (exact) mass is 299 g/mol. The molecule has 22 heavy (non-hydrogen) atoms. The third-order valence-electron chi connectivity index (χ3n) is 3.01. The highest BCUT2D eigenvalue weighted by molar-refractivity contribution is 5.92. The SMILES string of the molecule is CCOc1ccccc1OCC(=O)Nc1cc(C)cc(C)c1. The zero-order valence-electron chi connectivity index (χ0n) is 13.2. The van der Waals surface area contributed by atoms with Crippen LogP contribution in [0.2, 0.25) is 0 Å². The van der Waals surface area contributed by atoms with Gasteiger partial charge in [0.25, 0.3) is 5.91 Å². The molecule has 2 rings (SSSR count). The molecule has 2 aromatic carbocycles. The highest BCUT2D eigenvalue weighted by Crippen LogP contribution is 2.26. The Balaban J connectivity index is 1.95. The van der Waals surface area contributed by atoms with E-state index in [1.807, 2.05) is 51.1 Å². The van der Waals surface area contributed by atoms with Gasteiger partial charge >= 0.3 is 0 Å². The zero-order valence-corrected chi connectivity index (χ0v) is 13.2. The maximum Gasteiger partial charge on any atom is 0.262 e. The summed E-state index contributed by atoms with van der Waals surface area (Å²) in [6.45, 7) is 6.39. The molecule has 0 fully saturated rings. The van der Waals surface area contributed by atoms with Crippen LogP contribution in [0.25, 0.3) is 0 Å². The molecule has 0 saturated carbocycles. The first kappa shape index (κ1) is 15.9. The summed E-state index contributed by atoms with van der Waals surface area (Å²) >= 11 is 0. The molecule has 0 spiro atoms. The van der Waals surface area contributed by atoms with Crippen LogP contribution in [0, 0.1) is 13.8 Å². The smallest absolute Gasteiger partial charge is 0.262 e. The maximum absolute atomic E-state index is 12.0. The Morgan fingerprint density at radius 3 is 2.18 bits per heavy atom. The second-order valence-electron chi connectivity index (χ2n) is 5.09. The summed E-state index contributed by atoms with van der Waals surface area (Å²) in [5, 5.41) is 2.84. The molecule has 0 saturated heterocycles. The fraction of sp³-hybridized carbons (Fsp3) is 0.278. The average Bonchev–Trinajstić information content (AvgIpc) is 2.45. The van der Waals surface area contributed by atoms with Crippen LogP contribution in [-0.2, 0) is 4.79 Å². The second kappa shape index (κ2) is 7.50. The molecule has 0 aliphatic heterocycles. The lowest BCUT2D eigenvalue weighted by atomic mass is 10.1. The Kier molecular flexibility index (Phi) is 5.42. The van der Waals surface area contributed by atoms with Gasteiger partial charge in [-0.3, -0.25) is 4.79 Å². The number of aryl methyl sites for hydroxylation is 2. The van der Waals surface area contributed by atoms with Gasteiger partial charge in [-0.25, -0.2) is 0 Å². The normalized spacial score (nSPS) is 10.1. The number of carbonyl (C=O) groups is 1. The second-order valence-corrected chi connectivity index (χ2v) is 5.09. The highest BCUT2D eigenvalue weighted by Gasteiger charge is 2.08. The zero-order chi connectivity index (χ0) is 15.9. The average molecular weight is 299 g/mol. The van der Waals surface area contributed by atoms with E-state index in [0.29, 0.717) is 18.1 Å². The lowest BCUT2D eigenvalue weighted by Gasteiger charge is -2.12. The van der Waals surface area contributed by atoms with Crippen LogP contribution in [-0.4, -0.2) is 19.1 Å². The minimum Gasteiger partial charge on any atom is -0.490 e. The van der Waals surface area contributed by atoms with E-state index < -0.39 is 0 Å². The van der Waals surface area contributed by atoms with E-state index in [1.54, 1.807) is 6.07 Å². The summed E-state index contributed by atoms with van der Waals surface area (Å²) in [6.07, 6.45) is 0. The summed E-state index contributed by atoms with van der Waals surface area (Å²) in [7, 11) is 0. The number of para-hydroxylation sites is 2. The molecule has 1 N–H and O–H groups in total. The molecular formula is C18H21NO3.